The van der Waals surface area contributed by atoms with Gasteiger partial charge in [-0.15, -0.1) is 6.58 Å². The SMILES string of the molecule is C=CCCCCC1CCCCC1.CC. The summed E-state index contributed by atoms with van der Waals surface area (Å²) in [5, 5.41) is 0. The standard InChI is InChI=1S/C12H22.C2H6/c1-2-3-4-6-9-12-10-7-5-8-11-12;1-2/h2,12H,1,3-11H2;1-2H3. The van der Waals surface area contributed by atoms with Crippen LogP contribution in [0.25, 0.3) is 0 Å². The summed E-state index contributed by atoms with van der Waals surface area (Å²) in [6, 6.07) is 0. The van der Waals surface area contributed by atoms with Gasteiger partial charge in [0, 0.05) is 0 Å². The van der Waals surface area contributed by atoms with Crippen molar-refractivity contribution in [2.75, 3.05) is 0 Å². The van der Waals surface area contributed by atoms with E-state index in [9.17, 15) is 0 Å². The topological polar surface area (TPSA) is 0 Å². The first-order valence-corrected chi connectivity index (χ1v) is 6.54. The van der Waals surface area contributed by atoms with E-state index < -0.39 is 0 Å². The maximum absolute atomic E-state index is 3.75. The van der Waals surface area contributed by atoms with E-state index in [4.69, 9.17) is 0 Å². The highest BCUT2D eigenvalue weighted by Crippen LogP contribution is 2.27. The molecule has 1 rings (SSSR count). The summed E-state index contributed by atoms with van der Waals surface area (Å²) >= 11 is 0. The minimum absolute atomic E-state index is 1.07. The summed E-state index contributed by atoms with van der Waals surface area (Å²) in [5.74, 6) is 1.07. The Balaban J connectivity index is 0.000000791. The van der Waals surface area contributed by atoms with E-state index in [2.05, 4.69) is 6.58 Å². The molecule has 0 saturated heterocycles. The normalized spacial score (nSPS) is 17.0. The second-order valence-electron chi connectivity index (χ2n) is 4.08. The minimum Gasteiger partial charge on any atom is -0.103 e. The largest absolute Gasteiger partial charge is 0.103 e. The van der Waals surface area contributed by atoms with E-state index in [1.54, 1.807) is 0 Å². The Morgan fingerprint density at radius 1 is 1.07 bits per heavy atom. The van der Waals surface area contributed by atoms with Crippen molar-refractivity contribution in [2.24, 2.45) is 5.92 Å². The summed E-state index contributed by atoms with van der Waals surface area (Å²) in [6.45, 7) is 7.75. The van der Waals surface area contributed by atoms with Gasteiger partial charge < -0.3 is 0 Å². The van der Waals surface area contributed by atoms with Gasteiger partial charge in [0.2, 0.25) is 0 Å². The van der Waals surface area contributed by atoms with Crippen molar-refractivity contribution in [2.45, 2.75) is 71.6 Å². The fourth-order valence-electron chi connectivity index (χ4n) is 2.20. The van der Waals surface area contributed by atoms with E-state index in [0.717, 1.165) is 5.92 Å². The van der Waals surface area contributed by atoms with Crippen LogP contribution >= 0.6 is 0 Å². The molecule has 1 aliphatic carbocycles. The Kier molecular flexibility index (Phi) is 10.6. The number of hydrogen-bond acceptors (Lipinski definition) is 0. The highest BCUT2D eigenvalue weighted by molar-refractivity contribution is 4.68. The van der Waals surface area contributed by atoms with Gasteiger partial charge in [0.1, 0.15) is 0 Å². The van der Waals surface area contributed by atoms with E-state index in [0.29, 0.717) is 0 Å². The quantitative estimate of drug-likeness (QED) is 0.411. The first-order chi connectivity index (χ1) is 6.93. The Morgan fingerprint density at radius 2 is 1.71 bits per heavy atom. The molecule has 0 heteroatoms. The maximum atomic E-state index is 3.75. The molecule has 0 N–H and O–H groups in total. The molecule has 1 fully saturated rings. The number of unbranched alkanes of at least 4 members (excludes halogenated alkanes) is 2. The summed E-state index contributed by atoms with van der Waals surface area (Å²) in [5.41, 5.74) is 0. The summed E-state index contributed by atoms with van der Waals surface area (Å²) in [7, 11) is 0. The van der Waals surface area contributed by atoms with Crippen molar-refractivity contribution in [3.05, 3.63) is 12.7 Å². The molecule has 14 heavy (non-hydrogen) atoms. The molecular weight excluding hydrogens is 168 g/mol. The van der Waals surface area contributed by atoms with Crippen LogP contribution in [0.15, 0.2) is 12.7 Å². The van der Waals surface area contributed by atoms with Gasteiger partial charge in [-0.3, -0.25) is 0 Å². The zero-order valence-electron chi connectivity index (χ0n) is 10.2. The Morgan fingerprint density at radius 3 is 2.29 bits per heavy atom. The molecule has 0 aromatic carbocycles. The first-order valence-electron chi connectivity index (χ1n) is 6.54. The second-order valence-corrected chi connectivity index (χ2v) is 4.08. The molecule has 1 aliphatic rings. The third kappa shape index (κ3) is 7.17. The van der Waals surface area contributed by atoms with E-state index in [1.807, 2.05) is 19.9 Å². The molecule has 0 aromatic rings. The molecule has 0 atom stereocenters. The lowest BCUT2D eigenvalue weighted by Gasteiger charge is -2.20. The van der Waals surface area contributed by atoms with E-state index >= 15 is 0 Å². The maximum Gasteiger partial charge on any atom is -0.0353 e. The number of hydrogen-bond donors (Lipinski definition) is 0. The zero-order valence-corrected chi connectivity index (χ0v) is 10.2. The van der Waals surface area contributed by atoms with Crippen molar-refractivity contribution < 1.29 is 0 Å². The molecule has 0 bridgehead atoms. The summed E-state index contributed by atoms with van der Waals surface area (Å²) in [4.78, 5) is 0. The van der Waals surface area contributed by atoms with Gasteiger partial charge in [0.25, 0.3) is 0 Å². The smallest absolute Gasteiger partial charge is 0.0353 e. The molecule has 1 saturated carbocycles. The summed E-state index contributed by atoms with van der Waals surface area (Å²) in [6.07, 6.45) is 15.0. The lowest BCUT2D eigenvalue weighted by atomic mass is 9.86. The van der Waals surface area contributed by atoms with Crippen LogP contribution < -0.4 is 0 Å². The van der Waals surface area contributed by atoms with Crippen LogP contribution in [0.5, 0.6) is 0 Å². The van der Waals surface area contributed by atoms with Crippen LogP contribution in [0.2, 0.25) is 0 Å². The van der Waals surface area contributed by atoms with E-state index in [-0.39, 0.29) is 0 Å². The van der Waals surface area contributed by atoms with Gasteiger partial charge in [-0.2, -0.15) is 0 Å². The molecule has 0 heterocycles. The van der Waals surface area contributed by atoms with E-state index in [1.165, 1.54) is 57.8 Å². The summed E-state index contributed by atoms with van der Waals surface area (Å²) < 4.78 is 0. The molecular formula is C14H28. The van der Waals surface area contributed by atoms with Gasteiger partial charge in [0.05, 0.1) is 0 Å². The van der Waals surface area contributed by atoms with Crippen LogP contribution in [-0.2, 0) is 0 Å². The fraction of sp³-hybridized carbons (Fsp3) is 0.857. The predicted octanol–water partition coefficient (Wildman–Crippen LogP) is 5.34. The molecule has 84 valence electrons. The zero-order chi connectivity index (χ0) is 10.6. The molecule has 0 nitrogen and oxygen atoms in total. The predicted molar refractivity (Wildman–Crippen MR) is 66.6 cm³/mol. The van der Waals surface area contributed by atoms with Crippen LogP contribution in [0.1, 0.15) is 71.6 Å². The number of rotatable bonds is 5. The first kappa shape index (κ1) is 13.7. The average molecular weight is 196 g/mol. The van der Waals surface area contributed by atoms with Crippen molar-refractivity contribution in [3.8, 4) is 0 Å². The van der Waals surface area contributed by atoms with Crippen LogP contribution in [0.3, 0.4) is 0 Å². The van der Waals surface area contributed by atoms with Crippen LogP contribution in [-0.4, -0.2) is 0 Å². The number of allylic oxidation sites excluding steroid dienone is 1. The van der Waals surface area contributed by atoms with Crippen molar-refractivity contribution in [1.29, 1.82) is 0 Å². The Bertz CT molecular complexity index is 109. The van der Waals surface area contributed by atoms with Crippen molar-refractivity contribution in [1.82, 2.24) is 0 Å². The van der Waals surface area contributed by atoms with Gasteiger partial charge >= 0.3 is 0 Å². The third-order valence-corrected chi connectivity index (χ3v) is 3.00. The monoisotopic (exact) mass is 196 g/mol. The fourth-order valence-corrected chi connectivity index (χ4v) is 2.20. The van der Waals surface area contributed by atoms with Crippen LogP contribution in [0, 0.1) is 5.92 Å². The van der Waals surface area contributed by atoms with Crippen molar-refractivity contribution in [3.63, 3.8) is 0 Å². The molecule has 0 radical (unpaired) electrons. The van der Waals surface area contributed by atoms with Gasteiger partial charge in [0.15, 0.2) is 0 Å². The van der Waals surface area contributed by atoms with Crippen LogP contribution in [0.4, 0.5) is 0 Å². The Labute approximate surface area is 90.8 Å². The van der Waals surface area contributed by atoms with Gasteiger partial charge in [-0.1, -0.05) is 64.9 Å². The van der Waals surface area contributed by atoms with Crippen molar-refractivity contribution >= 4 is 0 Å². The molecule has 0 amide bonds. The lowest BCUT2D eigenvalue weighted by Crippen LogP contribution is -2.05. The minimum atomic E-state index is 1.07. The molecule has 0 aliphatic heterocycles. The van der Waals surface area contributed by atoms with Gasteiger partial charge in [-0.25, -0.2) is 0 Å². The highest BCUT2D eigenvalue weighted by atomic mass is 14.2. The molecule has 0 aromatic heterocycles. The molecule has 0 spiro atoms. The second kappa shape index (κ2) is 10.8. The lowest BCUT2D eigenvalue weighted by molar-refractivity contribution is 0.330. The van der Waals surface area contributed by atoms with Gasteiger partial charge in [-0.05, 0) is 18.8 Å². The molecule has 0 unspecified atom stereocenters. The Hall–Kier alpha value is -0.260. The highest BCUT2D eigenvalue weighted by Gasteiger charge is 2.11. The average Bonchev–Trinajstić information content (AvgIpc) is 2.29. The third-order valence-electron chi connectivity index (χ3n) is 3.00.